The first-order chi connectivity index (χ1) is 19.2. The summed E-state index contributed by atoms with van der Waals surface area (Å²) in [6.07, 6.45) is 4.39. The standard InChI is InChI=1S/C37H42N2O/c1-7-9-23-38-29-21-15-13-19-27(29)36(3,4)34(38)31-25-17-11-12-18-26(25)32(33(31)40)35-37(5,6)28-20-14-16-22-30(28)39(35)24-10-8-2/h11-22H,7-10,23-24H2,1-6H3/b34-31+,35-32+. The summed E-state index contributed by atoms with van der Waals surface area (Å²) >= 11 is 0. The lowest BCUT2D eigenvalue weighted by atomic mass is 9.80. The number of rotatable bonds is 6. The van der Waals surface area contributed by atoms with Crippen molar-refractivity contribution in [3.63, 3.8) is 0 Å². The van der Waals surface area contributed by atoms with Crippen LogP contribution in [0.15, 0.2) is 84.2 Å². The zero-order chi connectivity index (χ0) is 28.2. The van der Waals surface area contributed by atoms with Gasteiger partial charge in [-0.05, 0) is 47.2 Å². The second-order valence-corrected chi connectivity index (χ2v) is 12.6. The van der Waals surface area contributed by atoms with E-state index in [1.165, 1.54) is 22.5 Å². The Morgan fingerprint density at radius 3 is 1.35 bits per heavy atom. The van der Waals surface area contributed by atoms with Gasteiger partial charge in [0.2, 0.25) is 0 Å². The van der Waals surface area contributed by atoms with Crippen molar-refractivity contribution in [3.8, 4) is 0 Å². The van der Waals surface area contributed by atoms with Crippen LogP contribution in [0.25, 0.3) is 11.1 Å². The third-order valence-electron chi connectivity index (χ3n) is 9.32. The molecule has 0 bridgehead atoms. The predicted molar refractivity (Wildman–Crippen MR) is 169 cm³/mol. The highest BCUT2D eigenvalue weighted by Crippen LogP contribution is 2.56. The van der Waals surface area contributed by atoms with E-state index in [4.69, 9.17) is 0 Å². The van der Waals surface area contributed by atoms with E-state index in [1.807, 2.05) is 0 Å². The van der Waals surface area contributed by atoms with Gasteiger partial charge in [-0.15, -0.1) is 0 Å². The van der Waals surface area contributed by atoms with Gasteiger partial charge in [-0.3, -0.25) is 4.79 Å². The Labute approximate surface area is 240 Å². The molecule has 40 heavy (non-hydrogen) atoms. The molecule has 0 spiro atoms. The minimum absolute atomic E-state index is 0.177. The highest BCUT2D eigenvalue weighted by Gasteiger charge is 2.49. The lowest BCUT2D eigenvalue weighted by molar-refractivity contribution is -0.108. The average Bonchev–Trinajstić information content (AvgIpc) is 3.45. The van der Waals surface area contributed by atoms with Crippen molar-refractivity contribution in [1.29, 1.82) is 0 Å². The summed E-state index contributed by atoms with van der Waals surface area (Å²) in [5, 5.41) is 0. The summed E-state index contributed by atoms with van der Waals surface area (Å²) in [5.41, 5.74) is 10.8. The number of fused-ring (bicyclic) bond motifs is 3. The summed E-state index contributed by atoms with van der Waals surface area (Å²) < 4.78 is 0. The van der Waals surface area contributed by atoms with Gasteiger partial charge in [0.15, 0.2) is 5.78 Å². The number of anilines is 2. The molecule has 206 valence electrons. The minimum atomic E-state index is -0.279. The number of hydrogen-bond acceptors (Lipinski definition) is 3. The lowest BCUT2D eigenvalue weighted by Crippen LogP contribution is -2.31. The second-order valence-electron chi connectivity index (χ2n) is 12.6. The van der Waals surface area contributed by atoms with Gasteiger partial charge in [0.25, 0.3) is 0 Å². The van der Waals surface area contributed by atoms with Crippen molar-refractivity contribution < 1.29 is 4.79 Å². The molecule has 3 heteroatoms. The minimum Gasteiger partial charge on any atom is -0.343 e. The molecule has 0 N–H and O–H groups in total. The molecule has 0 atom stereocenters. The molecule has 0 radical (unpaired) electrons. The van der Waals surface area contributed by atoms with E-state index in [2.05, 4.69) is 124 Å². The molecule has 1 aliphatic carbocycles. The maximum absolute atomic E-state index is 15.1. The molecule has 6 rings (SSSR count). The Kier molecular flexibility index (Phi) is 6.52. The Morgan fingerprint density at radius 2 is 0.950 bits per heavy atom. The SMILES string of the molecule is CCCCN1/C(=C2/C(=O)/C(=C3/N(CCCC)c4ccccc4C3(C)C)c3ccccc32)C(C)(C)c2ccccc21. The smallest absolute Gasteiger partial charge is 0.197 e. The van der Waals surface area contributed by atoms with Crippen LogP contribution in [0.1, 0.15) is 89.5 Å². The lowest BCUT2D eigenvalue weighted by Gasteiger charge is -2.30. The molecule has 3 nitrogen and oxygen atoms in total. The van der Waals surface area contributed by atoms with E-state index in [-0.39, 0.29) is 16.6 Å². The number of para-hydroxylation sites is 2. The molecule has 0 saturated carbocycles. The quantitative estimate of drug-likeness (QED) is 0.297. The molecule has 0 unspecified atom stereocenters. The molecule has 0 amide bonds. The summed E-state index contributed by atoms with van der Waals surface area (Å²) in [5.74, 6) is 0.177. The van der Waals surface area contributed by atoms with Crippen LogP contribution >= 0.6 is 0 Å². The number of ketones is 1. The first kappa shape index (κ1) is 26.6. The van der Waals surface area contributed by atoms with Crippen LogP contribution in [0.4, 0.5) is 11.4 Å². The van der Waals surface area contributed by atoms with Gasteiger partial charge in [-0.2, -0.15) is 0 Å². The van der Waals surface area contributed by atoms with E-state index in [9.17, 15) is 0 Å². The van der Waals surface area contributed by atoms with Gasteiger partial charge < -0.3 is 9.80 Å². The maximum Gasteiger partial charge on any atom is 0.197 e. The normalized spacial score (nSPS) is 22.1. The zero-order valence-corrected chi connectivity index (χ0v) is 25.0. The van der Waals surface area contributed by atoms with Gasteiger partial charge in [-0.1, -0.05) is 115 Å². The molecule has 2 heterocycles. The fraction of sp³-hybridized carbons (Fsp3) is 0.378. The monoisotopic (exact) mass is 530 g/mol. The molecular weight excluding hydrogens is 488 g/mol. The first-order valence-electron chi connectivity index (χ1n) is 15.1. The van der Waals surface area contributed by atoms with Gasteiger partial charge in [-0.25, -0.2) is 0 Å². The third kappa shape index (κ3) is 3.73. The largest absolute Gasteiger partial charge is 0.343 e. The average molecular weight is 531 g/mol. The van der Waals surface area contributed by atoms with E-state index in [1.54, 1.807) is 0 Å². The van der Waals surface area contributed by atoms with Crippen molar-refractivity contribution in [2.45, 2.75) is 78.1 Å². The molecule has 2 aliphatic heterocycles. The van der Waals surface area contributed by atoms with E-state index in [0.717, 1.165) is 72.4 Å². The molecule has 0 aromatic heterocycles. The number of Topliss-reactive ketones (excluding diaryl/α,β-unsaturated/α-hetero) is 1. The van der Waals surface area contributed by atoms with Crippen molar-refractivity contribution >= 4 is 28.3 Å². The number of nitrogens with zero attached hydrogens (tertiary/aromatic N) is 2. The van der Waals surface area contributed by atoms with E-state index in [0.29, 0.717) is 0 Å². The zero-order valence-electron chi connectivity index (χ0n) is 25.0. The number of benzene rings is 3. The molecular formula is C37H42N2O. The number of unbranched alkanes of at least 4 members (excludes halogenated alkanes) is 2. The van der Waals surface area contributed by atoms with Crippen LogP contribution in [0, 0.1) is 0 Å². The number of carbonyl (C=O) groups excluding carboxylic acids is 1. The third-order valence-corrected chi connectivity index (χ3v) is 9.32. The summed E-state index contributed by atoms with van der Waals surface area (Å²) in [6.45, 7) is 15.5. The Hall–Kier alpha value is -3.59. The van der Waals surface area contributed by atoms with Gasteiger partial charge in [0, 0.05) is 46.7 Å². The van der Waals surface area contributed by atoms with Crippen LogP contribution in [-0.2, 0) is 15.6 Å². The second kappa shape index (κ2) is 9.80. The molecule has 3 aliphatic rings. The number of allylic oxidation sites excluding steroid dienone is 4. The van der Waals surface area contributed by atoms with Crippen molar-refractivity contribution in [3.05, 3.63) is 106 Å². The summed E-state index contributed by atoms with van der Waals surface area (Å²) in [4.78, 5) is 20.0. The molecule has 0 saturated heterocycles. The first-order valence-corrected chi connectivity index (χ1v) is 15.1. The highest BCUT2D eigenvalue weighted by molar-refractivity contribution is 6.49. The summed E-state index contributed by atoms with van der Waals surface area (Å²) in [7, 11) is 0. The molecule has 3 aromatic carbocycles. The van der Waals surface area contributed by atoms with Crippen LogP contribution < -0.4 is 9.80 Å². The van der Waals surface area contributed by atoms with Crippen LogP contribution in [-0.4, -0.2) is 18.9 Å². The van der Waals surface area contributed by atoms with Crippen LogP contribution in [0.5, 0.6) is 0 Å². The topological polar surface area (TPSA) is 23.6 Å². The van der Waals surface area contributed by atoms with Crippen LogP contribution in [0.2, 0.25) is 0 Å². The van der Waals surface area contributed by atoms with E-state index < -0.39 is 0 Å². The Balaban J connectivity index is 1.65. The van der Waals surface area contributed by atoms with Crippen molar-refractivity contribution in [2.75, 3.05) is 22.9 Å². The van der Waals surface area contributed by atoms with Gasteiger partial charge in [0.05, 0.1) is 11.1 Å². The van der Waals surface area contributed by atoms with E-state index >= 15 is 4.79 Å². The Morgan fingerprint density at radius 1 is 0.575 bits per heavy atom. The van der Waals surface area contributed by atoms with Gasteiger partial charge in [0.1, 0.15) is 0 Å². The highest BCUT2D eigenvalue weighted by atomic mass is 16.1. The van der Waals surface area contributed by atoms with Crippen LogP contribution in [0.3, 0.4) is 0 Å². The molecule has 3 aromatic rings. The van der Waals surface area contributed by atoms with Crippen molar-refractivity contribution in [1.82, 2.24) is 0 Å². The Bertz CT molecular complexity index is 1440. The number of carbonyl (C=O) groups is 1. The number of hydrogen-bond donors (Lipinski definition) is 0. The fourth-order valence-electron chi connectivity index (χ4n) is 7.40. The summed E-state index contributed by atoms with van der Waals surface area (Å²) in [6, 6.07) is 26.0. The predicted octanol–water partition coefficient (Wildman–Crippen LogP) is 8.89. The fourth-order valence-corrected chi connectivity index (χ4v) is 7.40. The van der Waals surface area contributed by atoms with Gasteiger partial charge >= 0.3 is 0 Å². The van der Waals surface area contributed by atoms with Crippen molar-refractivity contribution in [2.24, 2.45) is 0 Å². The molecule has 0 fully saturated rings. The maximum atomic E-state index is 15.1.